The van der Waals surface area contributed by atoms with E-state index < -0.39 is 0 Å². The summed E-state index contributed by atoms with van der Waals surface area (Å²) < 4.78 is 0. The molecule has 82 valence electrons. The summed E-state index contributed by atoms with van der Waals surface area (Å²) in [6, 6.07) is 0. The lowest BCUT2D eigenvalue weighted by Gasteiger charge is -2.41. The molecule has 0 N–H and O–H groups in total. The van der Waals surface area contributed by atoms with Gasteiger partial charge in [-0.25, -0.2) is 0 Å². The quantitative estimate of drug-likeness (QED) is 0.606. The lowest BCUT2D eigenvalue weighted by atomic mass is 9.64. The standard InChI is InChI=1S/C14H26/c1-2-3-7-12-9-6-10-13-8-4-5-11-14(12)13/h12-14H,2-11H2,1H3. The van der Waals surface area contributed by atoms with Gasteiger partial charge < -0.3 is 0 Å². The van der Waals surface area contributed by atoms with E-state index in [0.29, 0.717) is 0 Å². The van der Waals surface area contributed by atoms with E-state index in [1.807, 2.05) is 0 Å². The molecule has 3 atom stereocenters. The molecule has 0 nitrogen and oxygen atoms in total. The second kappa shape index (κ2) is 5.19. The van der Waals surface area contributed by atoms with E-state index >= 15 is 0 Å². The minimum absolute atomic E-state index is 1.12. The highest BCUT2D eigenvalue weighted by Crippen LogP contribution is 2.45. The van der Waals surface area contributed by atoms with Gasteiger partial charge in [0.1, 0.15) is 0 Å². The van der Waals surface area contributed by atoms with Gasteiger partial charge in [-0.05, 0) is 24.2 Å². The van der Waals surface area contributed by atoms with Crippen LogP contribution in [0.2, 0.25) is 0 Å². The molecule has 0 heterocycles. The summed E-state index contributed by atoms with van der Waals surface area (Å²) >= 11 is 0. The molecule has 0 aromatic heterocycles. The van der Waals surface area contributed by atoms with Crippen LogP contribution in [0.4, 0.5) is 0 Å². The van der Waals surface area contributed by atoms with Gasteiger partial charge in [0.15, 0.2) is 0 Å². The molecule has 0 bridgehead atoms. The van der Waals surface area contributed by atoms with Gasteiger partial charge in [0.2, 0.25) is 0 Å². The molecule has 0 radical (unpaired) electrons. The Hall–Kier alpha value is 0. The molecule has 2 rings (SSSR count). The van der Waals surface area contributed by atoms with E-state index in [1.165, 1.54) is 38.5 Å². The van der Waals surface area contributed by atoms with Crippen molar-refractivity contribution in [1.29, 1.82) is 0 Å². The van der Waals surface area contributed by atoms with Crippen LogP contribution in [0.3, 0.4) is 0 Å². The van der Waals surface area contributed by atoms with E-state index in [2.05, 4.69) is 6.92 Å². The van der Waals surface area contributed by atoms with Crippen LogP contribution >= 0.6 is 0 Å². The molecule has 14 heavy (non-hydrogen) atoms. The molecule has 0 saturated heterocycles. The number of unbranched alkanes of at least 4 members (excludes halogenated alkanes) is 1. The zero-order valence-corrected chi connectivity index (χ0v) is 9.80. The van der Waals surface area contributed by atoms with Crippen LogP contribution in [0.5, 0.6) is 0 Å². The smallest absolute Gasteiger partial charge is 0.0357 e. The molecule has 0 aliphatic heterocycles. The molecule has 2 aliphatic carbocycles. The minimum Gasteiger partial charge on any atom is -0.0654 e. The van der Waals surface area contributed by atoms with Crippen LogP contribution in [0.15, 0.2) is 0 Å². The number of rotatable bonds is 3. The van der Waals surface area contributed by atoms with Crippen molar-refractivity contribution >= 4 is 0 Å². The van der Waals surface area contributed by atoms with Crippen molar-refractivity contribution in [2.24, 2.45) is 17.8 Å². The molecular weight excluding hydrogens is 168 g/mol. The predicted octanol–water partition coefficient (Wildman–Crippen LogP) is 4.78. The summed E-state index contributed by atoms with van der Waals surface area (Å²) in [4.78, 5) is 0. The highest BCUT2D eigenvalue weighted by molar-refractivity contribution is 4.84. The van der Waals surface area contributed by atoms with E-state index in [0.717, 1.165) is 17.8 Å². The monoisotopic (exact) mass is 194 g/mol. The molecule has 0 amide bonds. The predicted molar refractivity (Wildman–Crippen MR) is 62.3 cm³/mol. The van der Waals surface area contributed by atoms with Gasteiger partial charge in [-0.3, -0.25) is 0 Å². The molecule has 2 aliphatic rings. The van der Waals surface area contributed by atoms with Crippen molar-refractivity contribution in [1.82, 2.24) is 0 Å². The van der Waals surface area contributed by atoms with E-state index in [1.54, 1.807) is 25.7 Å². The zero-order valence-electron chi connectivity index (χ0n) is 9.80. The summed E-state index contributed by atoms with van der Waals surface area (Å²) in [6.07, 6.45) is 15.3. The number of fused-ring (bicyclic) bond motifs is 1. The first-order chi connectivity index (χ1) is 6.92. The van der Waals surface area contributed by atoms with Gasteiger partial charge in [0.25, 0.3) is 0 Å². The average Bonchev–Trinajstić information content (AvgIpc) is 2.26. The Bertz CT molecular complexity index is 159. The maximum atomic E-state index is 2.33. The third-order valence-corrected chi connectivity index (χ3v) is 4.65. The van der Waals surface area contributed by atoms with Crippen LogP contribution in [-0.2, 0) is 0 Å². The zero-order chi connectivity index (χ0) is 9.80. The lowest BCUT2D eigenvalue weighted by molar-refractivity contribution is 0.0965. The van der Waals surface area contributed by atoms with E-state index in [9.17, 15) is 0 Å². The first kappa shape index (κ1) is 10.5. The molecular formula is C14H26. The van der Waals surface area contributed by atoms with Crippen LogP contribution in [-0.4, -0.2) is 0 Å². The van der Waals surface area contributed by atoms with Crippen molar-refractivity contribution in [3.05, 3.63) is 0 Å². The van der Waals surface area contributed by atoms with Crippen molar-refractivity contribution in [3.8, 4) is 0 Å². The molecule has 3 unspecified atom stereocenters. The number of hydrogen-bond acceptors (Lipinski definition) is 0. The summed E-state index contributed by atoms with van der Waals surface area (Å²) in [6.45, 7) is 2.33. The van der Waals surface area contributed by atoms with Gasteiger partial charge in [0, 0.05) is 0 Å². The topological polar surface area (TPSA) is 0 Å². The van der Waals surface area contributed by atoms with Gasteiger partial charge in [-0.1, -0.05) is 64.7 Å². The summed E-state index contributed by atoms with van der Waals surface area (Å²) in [5.74, 6) is 3.40. The van der Waals surface area contributed by atoms with Gasteiger partial charge in [0.05, 0.1) is 0 Å². The third-order valence-electron chi connectivity index (χ3n) is 4.65. The van der Waals surface area contributed by atoms with Crippen LogP contribution in [0.1, 0.15) is 71.1 Å². The Labute approximate surface area is 89.5 Å². The average molecular weight is 194 g/mol. The van der Waals surface area contributed by atoms with Crippen LogP contribution < -0.4 is 0 Å². The maximum absolute atomic E-state index is 2.33. The first-order valence-electron chi connectivity index (χ1n) is 6.92. The lowest BCUT2D eigenvalue weighted by Crippen LogP contribution is -2.30. The van der Waals surface area contributed by atoms with Gasteiger partial charge in [-0.2, -0.15) is 0 Å². The minimum atomic E-state index is 1.12. The Balaban J connectivity index is 1.88. The maximum Gasteiger partial charge on any atom is -0.0357 e. The highest BCUT2D eigenvalue weighted by atomic mass is 14.4. The Morgan fingerprint density at radius 1 is 0.929 bits per heavy atom. The molecule has 0 aromatic carbocycles. The summed E-state index contributed by atoms with van der Waals surface area (Å²) in [5, 5.41) is 0. The van der Waals surface area contributed by atoms with Crippen molar-refractivity contribution < 1.29 is 0 Å². The Morgan fingerprint density at radius 2 is 1.71 bits per heavy atom. The fourth-order valence-electron chi connectivity index (χ4n) is 3.90. The molecule has 0 aromatic rings. The molecule has 2 saturated carbocycles. The molecule has 2 fully saturated rings. The number of hydrogen-bond donors (Lipinski definition) is 0. The fourth-order valence-corrected chi connectivity index (χ4v) is 3.90. The highest BCUT2D eigenvalue weighted by Gasteiger charge is 2.33. The first-order valence-corrected chi connectivity index (χ1v) is 6.92. The van der Waals surface area contributed by atoms with Gasteiger partial charge >= 0.3 is 0 Å². The molecule has 0 spiro atoms. The summed E-state index contributed by atoms with van der Waals surface area (Å²) in [5.41, 5.74) is 0. The van der Waals surface area contributed by atoms with Crippen LogP contribution in [0, 0.1) is 17.8 Å². The van der Waals surface area contributed by atoms with Crippen molar-refractivity contribution in [2.75, 3.05) is 0 Å². The second-order valence-corrected chi connectivity index (χ2v) is 5.54. The van der Waals surface area contributed by atoms with Crippen molar-refractivity contribution in [3.63, 3.8) is 0 Å². The van der Waals surface area contributed by atoms with E-state index in [-0.39, 0.29) is 0 Å². The SMILES string of the molecule is CCCCC1CCCC2CCCCC12. The largest absolute Gasteiger partial charge is 0.0654 e. The normalized spacial score (nSPS) is 37.9. The fraction of sp³-hybridized carbons (Fsp3) is 1.00. The van der Waals surface area contributed by atoms with Gasteiger partial charge in [-0.15, -0.1) is 0 Å². The molecule has 0 heteroatoms. The Morgan fingerprint density at radius 3 is 2.57 bits per heavy atom. The van der Waals surface area contributed by atoms with Crippen molar-refractivity contribution in [2.45, 2.75) is 71.1 Å². The van der Waals surface area contributed by atoms with Crippen LogP contribution in [0.25, 0.3) is 0 Å². The summed E-state index contributed by atoms with van der Waals surface area (Å²) in [7, 11) is 0. The second-order valence-electron chi connectivity index (χ2n) is 5.54. The third kappa shape index (κ3) is 2.32. The Kier molecular flexibility index (Phi) is 3.89. The van der Waals surface area contributed by atoms with E-state index in [4.69, 9.17) is 0 Å².